The number of anilines is 1. The highest BCUT2D eigenvalue weighted by atomic mass is 32.2. The number of hydrogen-bond donors (Lipinski definition) is 1. The Morgan fingerprint density at radius 1 is 1.04 bits per heavy atom. The zero-order valence-electron chi connectivity index (χ0n) is 14.5. The maximum absolute atomic E-state index is 12.3. The van der Waals surface area contributed by atoms with Crippen LogP contribution in [0.1, 0.15) is 15.9 Å². The van der Waals surface area contributed by atoms with E-state index in [1.54, 1.807) is 42.5 Å². The summed E-state index contributed by atoms with van der Waals surface area (Å²) in [6.07, 6.45) is 0. The average Bonchev–Trinajstić information content (AvgIpc) is 2.98. The van der Waals surface area contributed by atoms with E-state index in [1.165, 1.54) is 18.4 Å². The van der Waals surface area contributed by atoms with Gasteiger partial charge in [-0.15, -0.1) is 11.3 Å². The Labute approximate surface area is 160 Å². The second-order valence-corrected chi connectivity index (χ2v) is 8.98. The van der Waals surface area contributed by atoms with Crippen molar-refractivity contribution in [3.8, 4) is 0 Å². The monoisotopic (exact) mass is 403 g/mol. The molecule has 6 nitrogen and oxygen atoms in total. The van der Waals surface area contributed by atoms with Crippen molar-refractivity contribution in [3.05, 3.63) is 65.7 Å². The number of esters is 1. The molecule has 1 heterocycles. The molecule has 27 heavy (non-hydrogen) atoms. The van der Waals surface area contributed by atoms with Crippen molar-refractivity contribution in [1.82, 2.24) is 0 Å². The Kier molecular flexibility index (Phi) is 5.57. The first-order valence-corrected chi connectivity index (χ1v) is 10.7. The molecule has 0 atom stereocenters. The van der Waals surface area contributed by atoms with Crippen molar-refractivity contribution in [2.75, 3.05) is 18.2 Å². The number of thiophene rings is 1. The van der Waals surface area contributed by atoms with Crippen LogP contribution in [0.4, 0.5) is 5.00 Å². The summed E-state index contributed by atoms with van der Waals surface area (Å²) in [4.78, 5) is 24.5. The SMILES string of the molecule is COC(=O)c1c(NC(=O)CS(=O)(=O)Cc2ccccc2)sc2ccccc12. The van der Waals surface area contributed by atoms with Crippen LogP contribution in [0.25, 0.3) is 10.1 Å². The number of fused-ring (bicyclic) bond motifs is 1. The first-order chi connectivity index (χ1) is 12.9. The minimum atomic E-state index is -3.65. The van der Waals surface area contributed by atoms with Gasteiger partial charge in [-0.1, -0.05) is 48.5 Å². The topological polar surface area (TPSA) is 89.5 Å². The van der Waals surface area contributed by atoms with Crippen LogP contribution in [0.2, 0.25) is 0 Å². The molecule has 0 saturated carbocycles. The van der Waals surface area contributed by atoms with Crippen LogP contribution in [0.15, 0.2) is 54.6 Å². The quantitative estimate of drug-likeness (QED) is 0.638. The standard InChI is InChI=1S/C19H17NO5S2/c1-25-19(22)17-14-9-5-6-10-15(14)26-18(17)20-16(21)12-27(23,24)11-13-7-3-2-4-8-13/h2-10H,11-12H2,1H3,(H,20,21). The normalized spacial score (nSPS) is 11.3. The van der Waals surface area contributed by atoms with Crippen molar-refractivity contribution in [2.24, 2.45) is 0 Å². The largest absolute Gasteiger partial charge is 0.465 e. The number of carbonyl (C=O) groups is 2. The molecule has 0 spiro atoms. The number of ether oxygens (including phenoxy) is 1. The first-order valence-electron chi connectivity index (χ1n) is 8.03. The Balaban J connectivity index is 1.81. The minimum Gasteiger partial charge on any atom is -0.465 e. The van der Waals surface area contributed by atoms with Crippen molar-refractivity contribution in [2.45, 2.75) is 5.75 Å². The van der Waals surface area contributed by atoms with Gasteiger partial charge in [-0.3, -0.25) is 4.79 Å². The fraction of sp³-hybridized carbons (Fsp3) is 0.158. The molecule has 0 bridgehead atoms. The highest BCUT2D eigenvalue weighted by Gasteiger charge is 2.23. The van der Waals surface area contributed by atoms with E-state index in [2.05, 4.69) is 5.32 Å². The van der Waals surface area contributed by atoms with Gasteiger partial charge < -0.3 is 10.1 Å². The summed E-state index contributed by atoms with van der Waals surface area (Å²) in [5.74, 6) is -2.17. The molecule has 0 aliphatic heterocycles. The highest BCUT2D eigenvalue weighted by Crippen LogP contribution is 2.36. The molecule has 1 amide bonds. The summed E-state index contributed by atoms with van der Waals surface area (Å²) in [6, 6.07) is 15.8. The van der Waals surface area contributed by atoms with Gasteiger partial charge in [0, 0.05) is 10.1 Å². The van der Waals surface area contributed by atoms with Gasteiger partial charge in [0.25, 0.3) is 0 Å². The number of nitrogens with one attached hydrogen (secondary N) is 1. The second-order valence-electron chi connectivity index (χ2n) is 5.86. The van der Waals surface area contributed by atoms with Gasteiger partial charge in [-0.05, 0) is 11.6 Å². The van der Waals surface area contributed by atoms with E-state index in [0.717, 1.165) is 4.70 Å². The molecule has 1 N–H and O–H groups in total. The van der Waals surface area contributed by atoms with Gasteiger partial charge >= 0.3 is 5.97 Å². The van der Waals surface area contributed by atoms with Crippen molar-refractivity contribution in [1.29, 1.82) is 0 Å². The molecule has 3 aromatic rings. The summed E-state index contributed by atoms with van der Waals surface area (Å²) in [6.45, 7) is 0. The maximum Gasteiger partial charge on any atom is 0.341 e. The summed E-state index contributed by atoms with van der Waals surface area (Å²) >= 11 is 1.20. The third-order valence-electron chi connectivity index (χ3n) is 3.82. The third kappa shape index (κ3) is 4.53. The second kappa shape index (κ2) is 7.89. The summed E-state index contributed by atoms with van der Waals surface area (Å²) < 4.78 is 30.2. The zero-order valence-corrected chi connectivity index (χ0v) is 16.1. The lowest BCUT2D eigenvalue weighted by Gasteiger charge is -2.07. The van der Waals surface area contributed by atoms with E-state index >= 15 is 0 Å². The Morgan fingerprint density at radius 2 is 1.70 bits per heavy atom. The van der Waals surface area contributed by atoms with E-state index < -0.39 is 27.5 Å². The number of rotatable bonds is 6. The summed E-state index contributed by atoms with van der Waals surface area (Å²) in [5, 5.41) is 3.49. The predicted octanol–water partition coefficient (Wildman–Crippen LogP) is 3.24. The predicted molar refractivity (Wildman–Crippen MR) is 106 cm³/mol. The van der Waals surface area contributed by atoms with Crippen LogP contribution in [-0.4, -0.2) is 33.2 Å². The Bertz CT molecular complexity index is 1090. The fourth-order valence-electron chi connectivity index (χ4n) is 2.68. The van der Waals surface area contributed by atoms with Crippen LogP contribution in [-0.2, 0) is 25.1 Å². The number of carbonyl (C=O) groups excluding carboxylic acids is 2. The molecule has 0 unspecified atom stereocenters. The molecule has 0 aliphatic carbocycles. The fourth-order valence-corrected chi connectivity index (χ4v) is 5.06. The van der Waals surface area contributed by atoms with E-state index in [-0.39, 0.29) is 16.3 Å². The summed E-state index contributed by atoms with van der Waals surface area (Å²) in [7, 11) is -2.39. The van der Waals surface area contributed by atoms with Crippen LogP contribution in [0.3, 0.4) is 0 Å². The number of amides is 1. The Hall–Kier alpha value is -2.71. The van der Waals surface area contributed by atoms with Crippen LogP contribution < -0.4 is 5.32 Å². The number of hydrogen-bond acceptors (Lipinski definition) is 6. The van der Waals surface area contributed by atoms with Gasteiger partial charge in [0.1, 0.15) is 16.3 Å². The average molecular weight is 403 g/mol. The van der Waals surface area contributed by atoms with Gasteiger partial charge in [-0.25, -0.2) is 13.2 Å². The van der Waals surface area contributed by atoms with Gasteiger partial charge in [-0.2, -0.15) is 0 Å². The number of methoxy groups -OCH3 is 1. The van der Waals surface area contributed by atoms with Gasteiger partial charge in [0.2, 0.25) is 5.91 Å². The molecule has 0 fully saturated rings. The van der Waals surface area contributed by atoms with E-state index in [0.29, 0.717) is 10.9 Å². The molecule has 0 radical (unpaired) electrons. The molecule has 140 valence electrons. The molecule has 0 saturated heterocycles. The van der Waals surface area contributed by atoms with Crippen molar-refractivity contribution >= 4 is 48.1 Å². The van der Waals surface area contributed by atoms with E-state index in [4.69, 9.17) is 4.74 Å². The van der Waals surface area contributed by atoms with Crippen molar-refractivity contribution < 1.29 is 22.7 Å². The number of sulfone groups is 1. The first kappa shape index (κ1) is 19.1. The molecular formula is C19H17NO5S2. The smallest absolute Gasteiger partial charge is 0.341 e. The zero-order chi connectivity index (χ0) is 19.4. The van der Waals surface area contributed by atoms with Gasteiger partial charge in [0.15, 0.2) is 9.84 Å². The molecule has 2 aromatic carbocycles. The van der Waals surface area contributed by atoms with Gasteiger partial charge in [0.05, 0.1) is 12.9 Å². The lowest BCUT2D eigenvalue weighted by Crippen LogP contribution is -2.24. The number of benzene rings is 2. The summed E-state index contributed by atoms with van der Waals surface area (Å²) in [5.41, 5.74) is 0.842. The van der Waals surface area contributed by atoms with Crippen LogP contribution in [0.5, 0.6) is 0 Å². The maximum atomic E-state index is 12.3. The van der Waals surface area contributed by atoms with E-state index in [9.17, 15) is 18.0 Å². The third-order valence-corrected chi connectivity index (χ3v) is 6.38. The Morgan fingerprint density at radius 3 is 2.41 bits per heavy atom. The molecule has 3 rings (SSSR count). The molecule has 8 heteroatoms. The van der Waals surface area contributed by atoms with Crippen LogP contribution in [0, 0.1) is 0 Å². The molecule has 1 aromatic heterocycles. The minimum absolute atomic E-state index is 0.225. The van der Waals surface area contributed by atoms with Crippen LogP contribution >= 0.6 is 11.3 Å². The molecule has 0 aliphatic rings. The van der Waals surface area contributed by atoms with Crippen molar-refractivity contribution in [3.63, 3.8) is 0 Å². The van der Waals surface area contributed by atoms with E-state index in [1.807, 2.05) is 12.1 Å². The lowest BCUT2D eigenvalue weighted by atomic mass is 10.1. The highest BCUT2D eigenvalue weighted by molar-refractivity contribution is 7.91. The molecular weight excluding hydrogens is 386 g/mol. The lowest BCUT2D eigenvalue weighted by molar-refractivity contribution is -0.113.